The van der Waals surface area contributed by atoms with Crippen LogP contribution < -0.4 is 0 Å². The molecule has 0 aliphatic heterocycles. The van der Waals surface area contributed by atoms with Crippen LogP contribution in [0.1, 0.15) is 5.56 Å². The number of aromatic nitrogens is 1. The lowest BCUT2D eigenvalue weighted by molar-refractivity contribution is 1.12. The van der Waals surface area contributed by atoms with Crippen molar-refractivity contribution < 1.29 is 0 Å². The van der Waals surface area contributed by atoms with Gasteiger partial charge in [0, 0.05) is 11.1 Å². The monoisotopic (exact) mass is 241 g/mol. The highest BCUT2D eigenvalue weighted by atomic mass is 35.5. The normalized spacial score (nSPS) is 10.9. The first-order valence-electron chi connectivity index (χ1n) is 5.59. The molecule has 1 nitrogen and oxygen atoms in total. The minimum Gasteiger partial charge on any atom is -0.300 e. The van der Waals surface area contributed by atoms with Crippen LogP contribution in [0.2, 0.25) is 5.15 Å². The van der Waals surface area contributed by atoms with Gasteiger partial charge in [-0.15, -0.1) is 0 Å². The molecule has 0 bridgehead atoms. The highest BCUT2D eigenvalue weighted by Gasteiger charge is 2.07. The van der Waals surface area contributed by atoms with Crippen molar-refractivity contribution >= 4 is 22.5 Å². The zero-order valence-corrected chi connectivity index (χ0v) is 10.3. The van der Waals surface area contributed by atoms with Gasteiger partial charge in [0.15, 0.2) is 0 Å². The van der Waals surface area contributed by atoms with Gasteiger partial charge in [0.1, 0.15) is 5.15 Å². The van der Waals surface area contributed by atoms with Gasteiger partial charge in [-0.05, 0) is 31.2 Å². The lowest BCUT2D eigenvalue weighted by Gasteiger charge is -2.07. The molecule has 0 aliphatic carbocycles. The predicted molar refractivity (Wildman–Crippen MR) is 73.0 cm³/mol. The third-order valence-corrected chi connectivity index (χ3v) is 3.24. The predicted octanol–water partition coefficient (Wildman–Crippen LogP) is 4.59. The summed E-state index contributed by atoms with van der Waals surface area (Å²) in [6.45, 7) is 2.08. The zero-order chi connectivity index (χ0) is 11.8. The van der Waals surface area contributed by atoms with Gasteiger partial charge in [-0.25, -0.2) is 0 Å². The Hall–Kier alpha value is -1.73. The smallest absolute Gasteiger partial charge is 0.114 e. The van der Waals surface area contributed by atoms with Crippen molar-refractivity contribution in [2.45, 2.75) is 6.92 Å². The van der Waals surface area contributed by atoms with E-state index in [4.69, 9.17) is 11.6 Å². The molecule has 2 aromatic carbocycles. The van der Waals surface area contributed by atoms with Crippen molar-refractivity contribution in [2.75, 3.05) is 0 Å². The molecule has 0 saturated carbocycles. The van der Waals surface area contributed by atoms with E-state index >= 15 is 0 Å². The van der Waals surface area contributed by atoms with Crippen LogP contribution in [-0.2, 0) is 0 Å². The SMILES string of the molecule is Cc1ccc(-n2c(Cl)cc3ccccc32)cc1. The van der Waals surface area contributed by atoms with Crippen LogP contribution >= 0.6 is 11.6 Å². The van der Waals surface area contributed by atoms with E-state index in [0.717, 1.165) is 21.7 Å². The summed E-state index contributed by atoms with van der Waals surface area (Å²) in [5.74, 6) is 0. The fraction of sp³-hybridized carbons (Fsp3) is 0.0667. The largest absolute Gasteiger partial charge is 0.300 e. The van der Waals surface area contributed by atoms with Crippen LogP contribution in [0.5, 0.6) is 0 Å². The van der Waals surface area contributed by atoms with Crippen LogP contribution in [0.15, 0.2) is 54.6 Å². The van der Waals surface area contributed by atoms with Gasteiger partial charge in [-0.3, -0.25) is 0 Å². The van der Waals surface area contributed by atoms with Crippen LogP contribution in [0.25, 0.3) is 16.6 Å². The molecule has 0 unspecified atom stereocenters. The third-order valence-electron chi connectivity index (χ3n) is 2.96. The van der Waals surface area contributed by atoms with E-state index in [-0.39, 0.29) is 0 Å². The first-order chi connectivity index (χ1) is 8.25. The van der Waals surface area contributed by atoms with Crippen molar-refractivity contribution in [1.29, 1.82) is 0 Å². The lowest BCUT2D eigenvalue weighted by atomic mass is 10.2. The summed E-state index contributed by atoms with van der Waals surface area (Å²) in [5.41, 5.74) is 3.49. The minimum absolute atomic E-state index is 0.745. The van der Waals surface area contributed by atoms with E-state index in [2.05, 4.69) is 47.9 Å². The molecule has 0 N–H and O–H groups in total. The van der Waals surface area contributed by atoms with Crippen LogP contribution in [0, 0.1) is 6.92 Å². The van der Waals surface area contributed by atoms with Crippen LogP contribution in [0.4, 0.5) is 0 Å². The van der Waals surface area contributed by atoms with E-state index in [1.54, 1.807) is 0 Å². The van der Waals surface area contributed by atoms with E-state index in [1.165, 1.54) is 5.56 Å². The first-order valence-corrected chi connectivity index (χ1v) is 5.96. The van der Waals surface area contributed by atoms with Gasteiger partial charge in [-0.2, -0.15) is 0 Å². The van der Waals surface area contributed by atoms with Crippen molar-refractivity contribution in [2.24, 2.45) is 0 Å². The maximum absolute atomic E-state index is 6.30. The summed E-state index contributed by atoms with van der Waals surface area (Å²) in [6, 6.07) is 18.6. The summed E-state index contributed by atoms with van der Waals surface area (Å²) in [7, 11) is 0. The van der Waals surface area contributed by atoms with Gasteiger partial charge in [0.2, 0.25) is 0 Å². The molecule has 0 radical (unpaired) electrons. The molecule has 2 heteroatoms. The summed E-state index contributed by atoms with van der Waals surface area (Å²) >= 11 is 6.30. The Labute approximate surface area is 105 Å². The molecule has 3 aromatic rings. The molecule has 84 valence electrons. The van der Waals surface area contributed by atoms with E-state index < -0.39 is 0 Å². The second kappa shape index (κ2) is 3.94. The van der Waals surface area contributed by atoms with Gasteiger partial charge in [-0.1, -0.05) is 47.5 Å². The number of hydrogen-bond donors (Lipinski definition) is 0. The molecular formula is C15H12ClN. The topological polar surface area (TPSA) is 4.93 Å². The summed E-state index contributed by atoms with van der Waals surface area (Å²) < 4.78 is 2.07. The average molecular weight is 242 g/mol. The van der Waals surface area contributed by atoms with Gasteiger partial charge < -0.3 is 4.57 Å². The molecule has 0 atom stereocenters. The highest BCUT2D eigenvalue weighted by Crippen LogP contribution is 2.27. The minimum atomic E-state index is 0.745. The number of hydrogen-bond acceptors (Lipinski definition) is 0. The number of nitrogens with zero attached hydrogens (tertiary/aromatic N) is 1. The molecule has 1 aromatic heterocycles. The Balaban J connectivity index is 2.29. The number of benzene rings is 2. The maximum Gasteiger partial charge on any atom is 0.114 e. The second-order valence-corrected chi connectivity index (χ2v) is 4.58. The highest BCUT2D eigenvalue weighted by molar-refractivity contribution is 6.31. The molecule has 17 heavy (non-hydrogen) atoms. The Morgan fingerprint density at radius 1 is 0.941 bits per heavy atom. The molecule has 3 rings (SSSR count). The molecule has 0 spiro atoms. The fourth-order valence-corrected chi connectivity index (χ4v) is 2.38. The molecule has 0 aliphatic rings. The Morgan fingerprint density at radius 2 is 1.65 bits per heavy atom. The Morgan fingerprint density at radius 3 is 2.41 bits per heavy atom. The van der Waals surface area contributed by atoms with Gasteiger partial charge >= 0.3 is 0 Å². The standard InChI is InChI=1S/C15H12ClN/c1-11-6-8-13(9-7-11)17-14-5-3-2-4-12(14)10-15(17)16/h2-10H,1H3. The number of aryl methyl sites for hydroxylation is 1. The van der Waals surface area contributed by atoms with Gasteiger partial charge in [0.25, 0.3) is 0 Å². The molecule has 0 fully saturated rings. The van der Waals surface area contributed by atoms with E-state index in [0.29, 0.717) is 0 Å². The Bertz CT molecular complexity index is 665. The summed E-state index contributed by atoms with van der Waals surface area (Å²) in [5, 5.41) is 1.91. The quantitative estimate of drug-likeness (QED) is 0.587. The van der Waals surface area contributed by atoms with E-state index in [1.807, 2.05) is 18.2 Å². The van der Waals surface area contributed by atoms with Crippen molar-refractivity contribution in [1.82, 2.24) is 4.57 Å². The second-order valence-electron chi connectivity index (χ2n) is 4.20. The van der Waals surface area contributed by atoms with Crippen molar-refractivity contribution in [3.05, 3.63) is 65.3 Å². The fourth-order valence-electron chi connectivity index (χ4n) is 2.08. The summed E-state index contributed by atoms with van der Waals surface area (Å²) in [4.78, 5) is 0. The van der Waals surface area contributed by atoms with E-state index in [9.17, 15) is 0 Å². The van der Waals surface area contributed by atoms with Crippen LogP contribution in [0.3, 0.4) is 0 Å². The Kier molecular flexibility index (Phi) is 2.41. The zero-order valence-electron chi connectivity index (χ0n) is 9.52. The number of fused-ring (bicyclic) bond motifs is 1. The summed E-state index contributed by atoms with van der Waals surface area (Å²) in [6.07, 6.45) is 0. The number of para-hydroxylation sites is 1. The van der Waals surface area contributed by atoms with Crippen LogP contribution in [-0.4, -0.2) is 4.57 Å². The first kappa shape index (κ1) is 10.4. The number of rotatable bonds is 1. The van der Waals surface area contributed by atoms with Crippen molar-refractivity contribution in [3.63, 3.8) is 0 Å². The molecule has 1 heterocycles. The van der Waals surface area contributed by atoms with Crippen molar-refractivity contribution in [3.8, 4) is 5.69 Å². The molecule has 0 saturated heterocycles. The number of halogens is 1. The molecular weight excluding hydrogens is 230 g/mol. The maximum atomic E-state index is 6.30. The average Bonchev–Trinajstić information content (AvgIpc) is 2.66. The lowest BCUT2D eigenvalue weighted by Crippen LogP contribution is -1.93. The molecule has 0 amide bonds. The third kappa shape index (κ3) is 1.73. The van der Waals surface area contributed by atoms with Gasteiger partial charge in [0.05, 0.1) is 5.52 Å².